The van der Waals surface area contributed by atoms with Gasteiger partial charge < -0.3 is 10.0 Å². The summed E-state index contributed by atoms with van der Waals surface area (Å²) in [5.41, 5.74) is 4.73. The van der Waals surface area contributed by atoms with Crippen molar-refractivity contribution in [1.29, 1.82) is 0 Å². The van der Waals surface area contributed by atoms with Gasteiger partial charge in [-0.2, -0.15) is 0 Å². The van der Waals surface area contributed by atoms with Gasteiger partial charge in [-0.05, 0) is 63.3 Å². The number of aliphatic hydroxyl groups is 1. The molecule has 1 aromatic heterocycles. The van der Waals surface area contributed by atoms with Crippen molar-refractivity contribution in [1.82, 2.24) is 4.98 Å². The standard InChI is InChI=1S/C18H23BrN2O/c1-11-12(2)20-17-5-4-15(19)10-16(17)18(11)21-8-6-14(7-9-21)13(3)22/h4-5,10,13-14,22H,6-9H2,1-3H3. The SMILES string of the molecule is Cc1nc2ccc(Br)cc2c(N2CCC(C(C)O)CC2)c1C. The number of aryl methyl sites for hydroxylation is 1. The number of halogens is 1. The molecule has 3 nitrogen and oxygen atoms in total. The van der Waals surface area contributed by atoms with E-state index in [0.29, 0.717) is 5.92 Å². The topological polar surface area (TPSA) is 36.4 Å². The maximum Gasteiger partial charge on any atom is 0.0727 e. The molecular formula is C18H23BrN2O. The van der Waals surface area contributed by atoms with Crippen LogP contribution in [0.3, 0.4) is 0 Å². The van der Waals surface area contributed by atoms with E-state index in [0.717, 1.165) is 41.6 Å². The molecule has 1 fully saturated rings. The van der Waals surface area contributed by atoms with Crippen molar-refractivity contribution in [3.63, 3.8) is 0 Å². The average molecular weight is 363 g/mol. The van der Waals surface area contributed by atoms with Crippen molar-refractivity contribution in [2.75, 3.05) is 18.0 Å². The first-order valence-electron chi connectivity index (χ1n) is 7.97. The van der Waals surface area contributed by atoms with E-state index in [1.807, 2.05) is 13.0 Å². The molecule has 2 heterocycles. The lowest BCUT2D eigenvalue weighted by molar-refractivity contribution is 0.110. The third kappa shape index (κ3) is 2.86. The Hall–Kier alpha value is -1.13. The Morgan fingerprint density at radius 3 is 2.59 bits per heavy atom. The molecule has 3 rings (SSSR count). The fourth-order valence-electron chi connectivity index (χ4n) is 3.45. The fourth-order valence-corrected chi connectivity index (χ4v) is 3.81. The number of nitrogens with zero attached hydrogens (tertiary/aromatic N) is 2. The molecule has 1 aromatic carbocycles. The molecule has 1 N–H and O–H groups in total. The molecule has 1 aliphatic heterocycles. The van der Waals surface area contributed by atoms with Crippen LogP contribution >= 0.6 is 15.9 Å². The van der Waals surface area contributed by atoms with Gasteiger partial charge in [0, 0.05) is 28.6 Å². The van der Waals surface area contributed by atoms with E-state index >= 15 is 0 Å². The summed E-state index contributed by atoms with van der Waals surface area (Å²) in [7, 11) is 0. The van der Waals surface area contributed by atoms with Gasteiger partial charge in [0.1, 0.15) is 0 Å². The number of piperidine rings is 1. The lowest BCUT2D eigenvalue weighted by Crippen LogP contribution is -2.37. The molecular weight excluding hydrogens is 340 g/mol. The van der Waals surface area contributed by atoms with E-state index in [1.54, 1.807) is 0 Å². The summed E-state index contributed by atoms with van der Waals surface area (Å²) in [5, 5.41) is 11.0. The van der Waals surface area contributed by atoms with Crippen LogP contribution in [-0.4, -0.2) is 29.3 Å². The zero-order valence-corrected chi connectivity index (χ0v) is 15.0. The number of anilines is 1. The van der Waals surface area contributed by atoms with Crippen LogP contribution in [0.5, 0.6) is 0 Å². The van der Waals surface area contributed by atoms with Crippen LogP contribution in [0.15, 0.2) is 22.7 Å². The predicted molar refractivity (Wildman–Crippen MR) is 95.5 cm³/mol. The third-order valence-electron chi connectivity index (χ3n) is 4.94. The zero-order valence-electron chi connectivity index (χ0n) is 13.4. The first kappa shape index (κ1) is 15.8. The molecule has 0 bridgehead atoms. The Bertz CT molecular complexity index is 691. The van der Waals surface area contributed by atoms with E-state index in [2.05, 4.69) is 46.8 Å². The predicted octanol–water partition coefficient (Wildman–Crippen LogP) is 4.21. The Kier molecular flexibility index (Phi) is 4.42. The molecule has 4 heteroatoms. The summed E-state index contributed by atoms with van der Waals surface area (Å²) < 4.78 is 1.09. The van der Waals surface area contributed by atoms with Crippen molar-refractivity contribution in [2.24, 2.45) is 5.92 Å². The first-order valence-corrected chi connectivity index (χ1v) is 8.76. The largest absolute Gasteiger partial charge is 0.393 e. The van der Waals surface area contributed by atoms with Crippen LogP contribution in [0.25, 0.3) is 10.9 Å². The van der Waals surface area contributed by atoms with Crippen LogP contribution in [0.1, 0.15) is 31.0 Å². The summed E-state index contributed by atoms with van der Waals surface area (Å²) in [5.74, 6) is 0.428. The Labute approximate surface area is 140 Å². The van der Waals surface area contributed by atoms with Crippen LogP contribution in [0.4, 0.5) is 5.69 Å². The highest BCUT2D eigenvalue weighted by Crippen LogP contribution is 2.35. The number of rotatable bonds is 2. The molecule has 22 heavy (non-hydrogen) atoms. The fraction of sp³-hybridized carbons (Fsp3) is 0.500. The summed E-state index contributed by atoms with van der Waals surface area (Å²) in [4.78, 5) is 7.20. The maximum atomic E-state index is 9.81. The summed E-state index contributed by atoms with van der Waals surface area (Å²) in [6.45, 7) is 8.17. The number of aliphatic hydroxyl groups excluding tert-OH is 1. The van der Waals surface area contributed by atoms with Gasteiger partial charge in [-0.1, -0.05) is 15.9 Å². The minimum atomic E-state index is -0.201. The van der Waals surface area contributed by atoms with Crippen LogP contribution < -0.4 is 4.90 Å². The van der Waals surface area contributed by atoms with Gasteiger partial charge in [0.25, 0.3) is 0 Å². The normalized spacial score (nSPS) is 18.0. The molecule has 0 aliphatic carbocycles. The summed E-state index contributed by atoms with van der Waals surface area (Å²) >= 11 is 3.58. The van der Waals surface area contributed by atoms with E-state index in [4.69, 9.17) is 4.98 Å². The second-order valence-corrected chi connectivity index (χ2v) is 7.31. The molecule has 0 radical (unpaired) electrons. The number of hydrogen-bond donors (Lipinski definition) is 1. The number of aromatic nitrogens is 1. The molecule has 118 valence electrons. The van der Waals surface area contributed by atoms with Crippen molar-refractivity contribution >= 4 is 32.5 Å². The van der Waals surface area contributed by atoms with Gasteiger partial charge in [0.2, 0.25) is 0 Å². The number of fused-ring (bicyclic) bond motifs is 1. The highest BCUT2D eigenvalue weighted by Gasteiger charge is 2.25. The maximum absolute atomic E-state index is 9.81. The van der Waals surface area contributed by atoms with Crippen LogP contribution in [-0.2, 0) is 0 Å². The summed E-state index contributed by atoms with van der Waals surface area (Å²) in [6.07, 6.45) is 1.90. The average Bonchev–Trinajstić information content (AvgIpc) is 2.49. The minimum absolute atomic E-state index is 0.201. The van der Waals surface area contributed by atoms with Crippen molar-refractivity contribution in [3.05, 3.63) is 33.9 Å². The number of benzene rings is 1. The Morgan fingerprint density at radius 2 is 1.95 bits per heavy atom. The van der Waals surface area contributed by atoms with Gasteiger partial charge >= 0.3 is 0 Å². The van der Waals surface area contributed by atoms with E-state index in [-0.39, 0.29) is 6.10 Å². The smallest absolute Gasteiger partial charge is 0.0727 e. The molecule has 0 saturated carbocycles. The molecule has 0 spiro atoms. The van der Waals surface area contributed by atoms with E-state index in [9.17, 15) is 5.11 Å². The highest BCUT2D eigenvalue weighted by atomic mass is 79.9. The lowest BCUT2D eigenvalue weighted by Gasteiger charge is -2.36. The number of hydrogen-bond acceptors (Lipinski definition) is 3. The Balaban J connectivity index is 2.03. The molecule has 0 amide bonds. The van der Waals surface area contributed by atoms with Crippen LogP contribution in [0.2, 0.25) is 0 Å². The quantitative estimate of drug-likeness (QED) is 0.868. The van der Waals surface area contributed by atoms with E-state index < -0.39 is 0 Å². The highest BCUT2D eigenvalue weighted by molar-refractivity contribution is 9.10. The molecule has 1 aliphatic rings. The molecule has 1 atom stereocenters. The molecule has 1 saturated heterocycles. The molecule has 1 unspecified atom stereocenters. The van der Waals surface area contributed by atoms with Gasteiger partial charge in [0.15, 0.2) is 0 Å². The van der Waals surface area contributed by atoms with Gasteiger partial charge in [-0.25, -0.2) is 0 Å². The van der Waals surface area contributed by atoms with Crippen LogP contribution in [0, 0.1) is 19.8 Å². The second-order valence-electron chi connectivity index (χ2n) is 6.40. The molecule has 2 aromatic rings. The Morgan fingerprint density at radius 1 is 1.27 bits per heavy atom. The minimum Gasteiger partial charge on any atom is -0.393 e. The summed E-state index contributed by atoms with van der Waals surface area (Å²) in [6, 6.07) is 6.30. The van der Waals surface area contributed by atoms with Crippen molar-refractivity contribution in [3.8, 4) is 0 Å². The third-order valence-corrected chi connectivity index (χ3v) is 5.43. The number of pyridine rings is 1. The van der Waals surface area contributed by atoms with E-state index in [1.165, 1.54) is 16.6 Å². The second kappa shape index (κ2) is 6.17. The van der Waals surface area contributed by atoms with Crippen molar-refractivity contribution < 1.29 is 5.11 Å². The first-order chi connectivity index (χ1) is 10.5. The lowest BCUT2D eigenvalue weighted by atomic mass is 9.91. The monoisotopic (exact) mass is 362 g/mol. The van der Waals surface area contributed by atoms with Gasteiger partial charge in [-0.15, -0.1) is 0 Å². The van der Waals surface area contributed by atoms with Gasteiger partial charge in [-0.3, -0.25) is 4.98 Å². The van der Waals surface area contributed by atoms with Gasteiger partial charge in [0.05, 0.1) is 17.3 Å². The van der Waals surface area contributed by atoms with Crippen molar-refractivity contribution in [2.45, 2.75) is 39.7 Å². The zero-order chi connectivity index (χ0) is 15.9.